The lowest BCUT2D eigenvalue weighted by Gasteiger charge is -2.30. The minimum Gasteiger partial charge on any atom is -0.484 e. The number of benzene rings is 1. The maximum Gasteiger partial charge on any atom is 0.255 e. The summed E-state index contributed by atoms with van der Waals surface area (Å²) in [5.74, 6) is 1.66. The smallest absolute Gasteiger partial charge is 0.255 e. The Labute approximate surface area is 193 Å². The number of primary amides is 1. The molecule has 3 unspecified atom stereocenters. The van der Waals surface area contributed by atoms with Crippen molar-refractivity contribution in [3.8, 4) is 5.75 Å². The molecule has 0 spiro atoms. The number of hydrogen-bond donors (Lipinski definition) is 3. The molecule has 1 aliphatic carbocycles. The van der Waals surface area contributed by atoms with E-state index in [1.54, 1.807) is 7.05 Å². The average molecular weight is 536 g/mol. The van der Waals surface area contributed by atoms with E-state index in [0.717, 1.165) is 55.9 Å². The van der Waals surface area contributed by atoms with Crippen LogP contribution in [-0.4, -0.2) is 53.3 Å². The van der Waals surface area contributed by atoms with Crippen molar-refractivity contribution in [2.24, 2.45) is 10.7 Å². The number of amides is 1. The van der Waals surface area contributed by atoms with Gasteiger partial charge in [-0.05, 0) is 43.4 Å². The molecule has 1 amide bonds. The third-order valence-corrected chi connectivity index (χ3v) is 6.60. The van der Waals surface area contributed by atoms with Crippen molar-refractivity contribution in [3.05, 3.63) is 29.8 Å². The highest BCUT2D eigenvalue weighted by Gasteiger charge is 2.25. The van der Waals surface area contributed by atoms with E-state index in [1.165, 1.54) is 0 Å². The predicted octanol–water partition coefficient (Wildman–Crippen LogP) is 1.96. The van der Waals surface area contributed by atoms with Gasteiger partial charge in [-0.15, -0.1) is 24.0 Å². The van der Waals surface area contributed by atoms with Crippen molar-refractivity contribution < 1.29 is 13.7 Å². The quantitative estimate of drug-likeness (QED) is 0.254. The Kier molecular flexibility index (Phi) is 12.2. The number of aliphatic imine (C=N–C) groups is 1. The zero-order chi connectivity index (χ0) is 20.4. The van der Waals surface area contributed by atoms with E-state index < -0.39 is 16.7 Å². The van der Waals surface area contributed by atoms with E-state index in [2.05, 4.69) is 15.6 Å². The molecule has 0 radical (unpaired) electrons. The number of nitrogens with zero attached hydrogens (tertiary/aromatic N) is 1. The highest BCUT2D eigenvalue weighted by molar-refractivity contribution is 14.0. The predicted molar refractivity (Wildman–Crippen MR) is 129 cm³/mol. The van der Waals surface area contributed by atoms with E-state index in [9.17, 15) is 9.00 Å². The van der Waals surface area contributed by atoms with Gasteiger partial charge in [0, 0.05) is 41.4 Å². The van der Waals surface area contributed by atoms with Crippen LogP contribution >= 0.6 is 24.0 Å². The second-order valence-corrected chi connectivity index (χ2v) is 8.95. The fourth-order valence-electron chi connectivity index (χ4n) is 3.37. The molecule has 1 aromatic rings. The SMILES string of the molecule is CCS(=O)C1CCCC(NC(=NC)NCCc2ccc(OCC(N)=O)cc2)C1.I. The molecular weight excluding hydrogens is 503 g/mol. The molecule has 0 heterocycles. The fourth-order valence-corrected chi connectivity index (χ4v) is 4.72. The first-order valence-corrected chi connectivity index (χ1v) is 11.2. The third kappa shape index (κ3) is 9.33. The molecular formula is C20H33IN4O3S. The van der Waals surface area contributed by atoms with E-state index in [1.807, 2.05) is 31.2 Å². The third-order valence-electron chi connectivity index (χ3n) is 4.86. The van der Waals surface area contributed by atoms with Gasteiger partial charge in [0.2, 0.25) is 0 Å². The lowest BCUT2D eigenvalue weighted by atomic mass is 9.95. The minimum absolute atomic E-state index is 0. The number of ether oxygens (including phenoxy) is 1. The summed E-state index contributed by atoms with van der Waals surface area (Å²) in [7, 11) is 1.04. The molecule has 1 fully saturated rings. The zero-order valence-corrected chi connectivity index (χ0v) is 20.3. The van der Waals surface area contributed by atoms with Crippen LogP contribution in [0.3, 0.4) is 0 Å². The zero-order valence-electron chi connectivity index (χ0n) is 17.2. The second kappa shape index (κ2) is 13.8. The van der Waals surface area contributed by atoms with Crippen molar-refractivity contribution in [2.75, 3.05) is 26.0 Å². The molecule has 4 N–H and O–H groups in total. The standard InChI is InChI=1S/C20H32N4O3S.HI/c1-3-28(26)18-6-4-5-16(13-18)24-20(22-2)23-12-11-15-7-9-17(10-8-15)27-14-19(21)25;/h7-10,16,18H,3-6,11-14H2,1-2H3,(H2,21,25)(H2,22,23,24);1H. The van der Waals surface area contributed by atoms with Crippen molar-refractivity contribution >= 4 is 46.6 Å². The number of nitrogens with two attached hydrogens (primary N) is 1. The van der Waals surface area contributed by atoms with Crippen molar-refractivity contribution in [3.63, 3.8) is 0 Å². The summed E-state index contributed by atoms with van der Waals surface area (Å²) in [6.07, 6.45) is 5.03. The van der Waals surface area contributed by atoms with Gasteiger partial charge >= 0.3 is 0 Å². The number of rotatable bonds is 9. The van der Waals surface area contributed by atoms with Gasteiger partial charge in [-0.3, -0.25) is 14.0 Å². The van der Waals surface area contributed by atoms with Gasteiger partial charge in [-0.25, -0.2) is 0 Å². The molecule has 0 bridgehead atoms. The molecule has 0 saturated heterocycles. The van der Waals surface area contributed by atoms with Gasteiger partial charge in [0.25, 0.3) is 5.91 Å². The summed E-state index contributed by atoms with van der Waals surface area (Å²) in [5, 5.41) is 7.12. The molecule has 7 nitrogen and oxygen atoms in total. The second-order valence-electron chi connectivity index (χ2n) is 6.95. The van der Waals surface area contributed by atoms with Crippen LogP contribution in [0.4, 0.5) is 0 Å². The summed E-state index contributed by atoms with van der Waals surface area (Å²) in [6, 6.07) is 7.94. The van der Waals surface area contributed by atoms with Crippen LogP contribution in [0.15, 0.2) is 29.3 Å². The molecule has 2 rings (SSSR count). The normalized spacial score (nSPS) is 20.3. The van der Waals surface area contributed by atoms with E-state index >= 15 is 0 Å². The van der Waals surface area contributed by atoms with Crippen LogP contribution in [0.2, 0.25) is 0 Å². The molecule has 9 heteroatoms. The highest BCUT2D eigenvalue weighted by Crippen LogP contribution is 2.23. The Bertz CT molecular complexity index is 685. The maximum atomic E-state index is 12.1. The number of guanidine groups is 1. The molecule has 1 saturated carbocycles. The van der Waals surface area contributed by atoms with Crippen LogP contribution in [0.25, 0.3) is 0 Å². The van der Waals surface area contributed by atoms with E-state index in [4.69, 9.17) is 10.5 Å². The van der Waals surface area contributed by atoms with Crippen LogP contribution in [0.1, 0.15) is 38.2 Å². The van der Waals surface area contributed by atoms with Gasteiger partial charge < -0.3 is 21.1 Å². The Hall–Kier alpha value is -1.36. The Balaban J connectivity index is 0.00000420. The number of halogens is 1. The first-order chi connectivity index (χ1) is 13.5. The fraction of sp³-hybridized carbons (Fsp3) is 0.600. The van der Waals surface area contributed by atoms with Crippen LogP contribution in [-0.2, 0) is 22.0 Å². The summed E-state index contributed by atoms with van der Waals surface area (Å²) in [5.41, 5.74) is 6.23. The lowest BCUT2D eigenvalue weighted by Crippen LogP contribution is -2.47. The van der Waals surface area contributed by atoms with Gasteiger partial charge in [0.05, 0.1) is 0 Å². The van der Waals surface area contributed by atoms with Crippen molar-refractivity contribution in [1.82, 2.24) is 10.6 Å². The monoisotopic (exact) mass is 536 g/mol. The molecule has 0 aromatic heterocycles. The first kappa shape index (κ1) is 25.7. The lowest BCUT2D eigenvalue weighted by molar-refractivity contribution is -0.119. The molecule has 1 aliphatic rings. The first-order valence-electron chi connectivity index (χ1n) is 9.86. The van der Waals surface area contributed by atoms with Gasteiger partial charge in [-0.2, -0.15) is 0 Å². The van der Waals surface area contributed by atoms with E-state index in [0.29, 0.717) is 17.0 Å². The minimum atomic E-state index is -0.724. The van der Waals surface area contributed by atoms with Gasteiger partial charge in [0.15, 0.2) is 12.6 Å². The van der Waals surface area contributed by atoms with Gasteiger partial charge in [-0.1, -0.05) is 25.5 Å². The number of hydrogen-bond acceptors (Lipinski definition) is 4. The van der Waals surface area contributed by atoms with Crippen molar-refractivity contribution in [2.45, 2.75) is 50.3 Å². The topological polar surface area (TPSA) is 106 Å². The summed E-state index contributed by atoms with van der Waals surface area (Å²) in [6.45, 7) is 2.62. The van der Waals surface area contributed by atoms with Crippen LogP contribution < -0.4 is 21.1 Å². The Morgan fingerprint density at radius 1 is 1.31 bits per heavy atom. The van der Waals surface area contributed by atoms with Crippen LogP contribution in [0, 0.1) is 0 Å². The summed E-state index contributed by atoms with van der Waals surface area (Å²) < 4.78 is 17.4. The molecule has 29 heavy (non-hydrogen) atoms. The van der Waals surface area contributed by atoms with Gasteiger partial charge in [0.1, 0.15) is 5.75 Å². The largest absolute Gasteiger partial charge is 0.484 e. The number of nitrogens with one attached hydrogen (secondary N) is 2. The summed E-state index contributed by atoms with van der Waals surface area (Å²) in [4.78, 5) is 15.1. The number of carbonyl (C=O) groups excluding carboxylic acids is 1. The molecule has 164 valence electrons. The number of carbonyl (C=O) groups is 1. The molecule has 0 aliphatic heterocycles. The van der Waals surface area contributed by atoms with E-state index in [-0.39, 0.29) is 30.6 Å². The molecule has 1 aromatic carbocycles. The maximum absolute atomic E-state index is 12.1. The summed E-state index contributed by atoms with van der Waals surface area (Å²) >= 11 is 0. The highest BCUT2D eigenvalue weighted by atomic mass is 127. The van der Waals surface area contributed by atoms with Crippen molar-refractivity contribution in [1.29, 1.82) is 0 Å². The average Bonchev–Trinajstić information content (AvgIpc) is 2.72. The molecule has 3 atom stereocenters. The Morgan fingerprint density at radius 3 is 2.66 bits per heavy atom. The Morgan fingerprint density at radius 2 is 2.03 bits per heavy atom. The van der Waals surface area contributed by atoms with Crippen LogP contribution in [0.5, 0.6) is 5.75 Å².